The van der Waals surface area contributed by atoms with E-state index in [9.17, 15) is 14.4 Å². The van der Waals surface area contributed by atoms with Crippen molar-refractivity contribution in [3.63, 3.8) is 0 Å². The zero-order valence-electron chi connectivity index (χ0n) is 17.9. The number of rotatable bonds is 6. The number of para-hydroxylation sites is 1. The highest BCUT2D eigenvalue weighted by Crippen LogP contribution is 2.38. The van der Waals surface area contributed by atoms with Gasteiger partial charge in [-0.2, -0.15) is 0 Å². The number of nitrogens with zero attached hydrogens (tertiary/aromatic N) is 2. The fraction of sp³-hybridized carbons (Fsp3) is 0.375. The number of carbonyl (C=O) groups is 3. The van der Waals surface area contributed by atoms with Gasteiger partial charge in [0.25, 0.3) is 0 Å². The van der Waals surface area contributed by atoms with Crippen molar-refractivity contribution in [2.45, 2.75) is 37.1 Å². The molecule has 1 N–H and O–H groups in total. The first kappa shape index (κ1) is 22.3. The minimum absolute atomic E-state index is 0.114. The molecule has 0 radical (unpaired) electrons. The van der Waals surface area contributed by atoms with Crippen molar-refractivity contribution in [1.29, 1.82) is 0 Å². The van der Waals surface area contributed by atoms with Gasteiger partial charge in [0.15, 0.2) is 0 Å². The van der Waals surface area contributed by atoms with Crippen molar-refractivity contribution in [3.05, 3.63) is 54.6 Å². The van der Waals surface area contributed by atoms with Gasteiger partial charge in [-0.05, 0) is 62.6 Å². The third-order valence-electron chi connectivity index (χ3n) is 5.90. The maximum absolute atomic E-state index is 13.4. The normalized spacial score (nSPS) is 23.0. The second kappa shape index (κ2) is 9.73. The average Bonchev–Trinajstić information content (AvgIpc) is 2.79. The van der Waals surface area contributed by atoms with Crippen LogP contribution in [0.25, 0.3) is 0 Å². The first-order chi connectivity index (χ1) is 15.5. The Bertz CT molecular complexity index is 982. The zero-order valence-corrected chi connectivity index (χ0v) is 19.5. The molecule has 168 valence electrons. The third-order valence-corrected chi connectivity index (χ3v) is 6.73. The molecular formula is C24H26BrN3O4. The molecule has 7 nitrogen and oxygen atoms in total. The molecule has 4 amide bonds. The fourth-order valence-corrected chi connectivity index (χ4v) is 5.10. The Morgan fingerprint density at radius 1 is 1.09 bits per heavy atom. The molecule has 1 heterocycles. The maximum atomic E-state index is 13.4. The van der Waals surface area contributed by atoms with Crippen molar-refractivity contribution in [2.24, 2.45) is 5.92 Å². The molecular weight excluding hydrogens is 474 g/mol. The lowest BCUT2D eigenvalue weighted by molar-refractivity contribution is -0.128. The van der Waals surface area contributed by atoms with E-state index in [1.54, 1.807) is 53.4 Å². The second-order valence-corrected chi connectivity index (χ2v) is 9.30. The smallest absolute Gasteiger partial charge is 0.332 e. The number of halogens is 1. The van der Waals surface area contributed by atoms with Gasteiger partial charge in [0.1, 0.15) is 12.3 Å². The van der Waals surface area contributed by atoms with Crippen LogP contribution in [0.2, 0.25) is 0 Å². The van der Waals surface area contributed by atoms with Crippen LogP contribution in [-0.4, -0.2) is 46.8 Å². The SMILES string of the molecule is CCOc1ccc(NC(=O)CN2C(=O)N(c3ccccc3)C(=O)C3CC(Br)CCC32)cc1. The number of urea groups is 1. The van der Waals surface area contributed by atoms with Crippen LogP contribution in [0.4, 0.5) is 16.2 Å². The van der Waals surface area contributed by atoms with Crippen molar-refractivity contribution in [2.75, 3.05) is 23.4 Å². The molecule has 2 aromatic carbocycles. The summed E-state index contributed by atoms with van der Waals surface area (Å²) in [5.74, 6) is -0.115. The summed E-state index contributed by atoms with van der Waals surface area (Å²) in [4.78, 5) is 42.5. The third kappa shape index (κ3) is 4.65. The molecule has 1 aliphatic heterocycles. The molecule has 0 bridgehead atoms. The Labute approximate surface area is 195 Å². The van der Waals surface area contributed by atoms with Gasteiger partial charge in [0.2, 0.25) is 11.8 Å². The Hall–Kier alpha value is -2.87. The topological polar surface area (TPSA) is 79.0 Å². The van der Waals surface area contributed by atoms with Crippen LogP contribution in [0.3, 0.4) is 0 Å². The quantitative estimate of drug-likeness (QED) is 0.596. The minimum atomic E-state index is -0.447. The van der Waals surface area contributed by atoms with Crippen LogP contribution in [0, 0.1) is 5.92 Å². The van der Waals surface area contributed by atoms with E-state index in [1.165, 1.54) is 4.90 Å². The van der Waals surface area contributed by atoms with Crippen LogP contribution in [0.15, 0.2) is 54.6 Å². The van der Waals surface area contributed by atoms with Crippen LogP contribution in [0.5, 0.6) is 5.75 Å². The number of hydrogen-bond donors (Lipinski definition) is 1. The number of alkyl halides is 1. The summed E-state index contributed by atoms with van der Waals surface area (Å²) in [5.41, 5.74) is 1.15. The zero-order chi connectivity index (χ0) is 22.7. The van der Waals surface area contributed by atoms with Gasteiger partial charge in [-0.25, -0.2) is 9.69 Å². The summed E-state index contributed by atoms with van der Waals surface area (Å²) in [6.45, 7) is 2.36. The lowest BCUT2D eigenvalue weighted by atomic mass is 9.81. The molecule has 2 aliphatic rings. The van der Waals surface area contributed by atoms with Crippen molar-refractivity contribution in [3.8, 4) is 5.75 Å². The molecule has 3 unspecified atom stereocenters. The Kier molecular flexibility index (Phi) is 6.79. The van der Waals surface area contributed by atoms with E-state index in [0.717, 1.165) is 12.2 Å². The molecule has 1 saturated heterocycles. The number of benzene rings is 2. The lowest BCUT2D eigenvalue weighted by Gasteiger charge is -2.47. The predicted octanol–water partition coefficient (Wildman–Crippen LogP) is 4.42. The minimum Gasteiger partial charge on any atom is -0.494 e. The molecule has 32 heavy (non-hydrogen) atoms. The Morgan fingerprint density at radius 2 is 1.81 bits per heavy atom. The molecule has 2 aromatic rings. The van der Waals surface area contributed by atoms with Gasteiger partial charge in [-0.1, -0.05) is 34.1 Å². The van der Waals surface area contributed by atoms with Crippen LogP contribution in [-0.2, 0) is 9.59 Å². The first-order valence-corrected chi connectivity index (χ1v) is 11.8. The number of carbonyl (C=O) groups excluding carboxylic acids is 3. The lowest BCUT2D eigenvalue weighted by Crippen LogP contribution is -2.64. The fourth-order valence-electron chi connectivity index (χ4n) is 4.43. The maximum Gasteiger partial charge on any atom is 0.332 e. The van der Waals surface area contributed by atoms with Gasteiger partial charge < -0.3 is 15.0 Å². The number of nitrogens with one attached hydrogen (secondary N) is 1. The van der Waals surface area contributed by atoms with Crippen LogP contribution < -0.4 is 15.0 Å². The molecule has 3 atom stereocenters. The number of ether oxygens (including phenoxy) is 1. The highest BCUT2D eigenvalue weighted by atomic mass is 79.9. The van der Waals surface area contributed by atoms with E-state index in [-0.39, 0.29) is 35.1 Å². The average molecular weight is 500 g/mol. The van der Waals surface area contributed by atoms with E-state index in [2.05, 4.69) is 21.2 Å². The van der Waals surface area contributed by atoms with Crippen molar-refractivity contribution < 1.29 is 19.1 Å². The van der Waals surface area contributed by atoms with Crippen LogP contribution in [0.1, 0.15) is 26.2 Å². The van der Waals surface area contributed by atoms with E-state index in [4.69, 9.17) is 4.74 Å². The molecule has 1 saturated carbocycles. The van der Waals surface area contributed by atoms with E-state index < -0.39 is 6.03 Å². The molecule has 1 aliphatic carbocycles. The number of anilines is 2. The second-order valence-electron chi connectivity index (χ2n) is 8.01. The molecule has 0 spiro atoms. The standard InChI is InChI=1S/C24H26BrN3O4/c1-2-32-19-11-9-17(10-12-19)26-22(29)15-27-21-13-8-16(25)14-20(21)23(30)28(24(27)31)18-6-4-3-5-7-18/h3-7,9-12,16,20-21H,2,8,13-15H2,1H3,(H,26,29). The number of fused-ring (bicyclic) bond motifs is 1. The summed E-state index contributed by atoms with van der Waals surface area (Å²) in [6.07, 6.45) is 2.16. The molecule has 0 aromatic heterocycles. The van der Waals surface area contributed by atoms with Gasteiger partial charge >= 0.3 is 6.03 Å². The van der Waals surface area contributed by atoms with Crippen molar-refractivity contribution >= 4 is 45.2 Å². The predicted molar refractivity (Wildman–Crippen MR) is 126 cm³/mol. The highest BCUT2D eigenvalue weighted by molar-refractivity contribution is 9.09. The monoisotopic (exact) mass is 499 g/mol. The van der Waals surface area contributed by atoms with Gasteiger partial charge in [0, 0.05) is 16.6 Å². The van der Waals surface area contributed by atoms with Gasteiger partial charge in [-0.3, -0.25) is 9.59 Å². The summed E-state index contributed by atoms with van der Waals surface area (Å²) >= 11 is 3.64. The van der Waals surface area contributed by atoms with E-state index in [1.807, 2.05) is 13.0 Å². The van der Waals surface area contributed by atoms with Crippen LogP contribution >= 0.6 is 15.9 Å². The summed E-state index contributed by atoms with van der Waals surface area (Å²) in [6, 6.07) is 15.3. The number of imide groups is 1. The number of hydrogen-bond acceptors (Lipinski definition) is 4. The van der Waals surface area contributed by atoms with E-state index >= 15 is 0 Å². The van der Waals surface area contributed by atoms with Crippen molar-refractivity contribution in [1.82, 2.24) is 4.90 Å². The summed E-state index contributed by atoms with van der Waals surface area (Å²) in [7, 11) is 0. The largest absolute Gasteiger partial charge is 0.494 e. The Balaban J connectivity index is 1.54. The summed E-state index contributed by atoms with van der Waals surface area (Å²) in [5, 5.41) is 2.85. The molecule has 2 fully saturated rings. The highest BCUT2D eigenvalue weighted by Gasteiger charge is 2.49. The Morgan fingerprint density at radius 3 is 2.50 bits per heavy atom. The first-order valence-electron chi connectivity index (χ1n) is 10.8. The van der Waals surface area contributed by atoms with E-state index in [0.29, 0.717) is 30.8 Å². The number of amides is 4. The van der Waals surface area contributed by atoms with Gasteiger partial charge in [-0.15, -0.1) is 0 Å². The summed E-state index contributed by atoms with van der Waals surface area (Å²) < 4.78 is 5.43. The molecule has 4 rings (SSSR count). The molecule has 8 heteroatoms. The van der Waals surface area contributed by atoms with Gasteiger partial charge in [0.05, 0.1) is 18.2 Å².